The van der Waals surface area contributed by atoms with Gasteiger partial charge >= 0.3 is 0 Å². The number of benzene rings is 3. The van der Waals surface area contributed by atoms with E-state index < -0.39 is 28.5 Å². The Kier molecular flexibility index (Phi) is 11.9. The first-order chi connectivity index (χ1) is 20.9. The largest absolute Gasteiger partial charge is 0.352 e. The quantitative estimate of drug-likeness (QED) is 0.220. The second-order valence-corrected chi connectivity index (χ2v) is 14.5. The van der Waals surface area contributed by atoms with E-state index >= 15 is 0 Å². The predicted molar refractivity (Wildman–Crippen MR) is 178 cm³/mol. The van der Waals surface area contributed by atoms with Gasteiger partial charge in [0.05, 0.1) is 30.7 Å². The Morgan fingerprint density at radius 1 is 0.864 bits per heavy atom. The predicted octanol–water partition coefficient (Wildman–Crippen LogP) is 8.06. The summed E-state index contributed by atoms with van der Waals surface area (Å²) < 4.78 is 29.1. The minimum Gasteiger partial charge on any atom is -0.352 e. The molecular formula is C32H35Cl4N3O4S. The molecule has 2 amide bonds. The molecule has 3 aromatic carbocycles. The zero-order valence-corrected chi connectivity index (χ0v) is 28.4. The third kappa shape index (κ3) is 8.40. The maximum atomic E-state index is 14.3. The van der Waals surface area contributed by atoms with Crippen LogP contribution in [0.5, 0.6) is 0 Å². The molecular weight excluding hydrogens is 664 g/mol. The van der Waals surface area contributed by atoms with Crippen LogP contribution < -0.4 is 9.62 Å². The van der Waals surface area contributed by atoms with E-state index in [2.05, 4.69) is 5.32 Å². The van der Waals surface area contributed by atoms with Gasteiger partial charge in [-0.05, 0) is 74.2 Å². The number of sulfonamides is 1. The number of carbonyl (C=O) groups excluding carboxylic acids is 2. The molecule has 7 nitrogen and oxygen atoms in total. The van der Waals surface area contributed by atoms with Crippen molar-refractivity contribution < 1.29 is 18.0 Å². The number of rotatable bonds is 11. The highest BCUT2D eigenvalue weighted by Crippen LogP contribution is 2.31. The van der Waals surface area contributed by atoms with Crippen molar-refractivity contribution in [1.82, 2.24) is 10.2 Å². The molecule has 236 valence electrons. The van der Waals surface area contributed by atoms with Crippen molar-refractivity contribution in [1.29, 1.82) is 0 Å². The first kappa shape index (κ1) is 34.4. The van der Waals surface area contributed by atoms with E-state index in [4.69, 9.17) is 46.4 Å². The first-order valence-electron chi connectivity index (χ1n) is 14.5. The third-order valence-electron chi connectivity index (χ3n) is 7.75. The van der Waals surface area contributed by atoms with Crippen molar-refractivity contribution in [2.45, 2.75) is 75.9 Å². The average Bonchev–Trinajstić information content (AvgIpc) is 2.99. The second kappa shape index (κ2) is 15.2. The van der Waals surface area contributed by atoms with Gasteiger partial charge in [0.1, 0.15) is 12.6 Å². The van der Waals surface area contributed by atoms with Crippen LogP contribution in [0.1, 0.15) is 56.6 Å². The molecule has 3 aromatic rings. The monoisotopic (exact) mass is 697 g/mol. The van der Waals surface area contributed by atoms with Crippen LogP contribution in [0.4, 0.5) is 5.69 Å². The number of hydrogen-bond acceptors (Lipinski definition) is 4. The molecule has 1 aliphatic carbocycles. The number of nitrogens with one attached hydrogen (secondary N) is 1. The van der Waals surface area contributed by atoms with Gasteiger partial charge in [-0.1, -0.05) is 96.4 Å². The van der Waals surface area contributed by atoms with Gasteiger partial charge in [-0.2, -0.15) is 0 Å². The van der Waals surface area contributed by atoms with Crippen molar-refractivity contribution >= 4 is 73.9 Å². The van der Waals surface area contributed by atoms with E-state index in [0.29, 0.717) is 22.0 Å². The molecule has 0 saturated heterocycles. The standard InChI is InChI=1S/C32H35Cl4N3O4S/c1-3-30(32(41)37-23-7-5-4-6-8-23)38(19-22-11-15-26(33)28(35)17-22)31(40)20-39(24-12-16-27(34)29(36)18-24)44(42,43)25-13-9-21(2)10-14-25/h9-18,23,30H,3-8,19-20H2,1-2H3,(H,37,41)/t30-/m0/s1. The molecule has 0 bridgehead atoms. The van der Waals surface area contributed by atoms with Gasteiger partial charge in [0, 0.05) is 12.6 Å². The summed E-state index contributed by atoms with van der Waals surface area (Å²) in [5, 5.41) is 4.15. The molecule has 0 aliphatic heterocycles. The van der Waals surface area contributed by atoms with E-state index in [-0.39, 0.29) is 39.1 Å². The Hall–Kier alpha value is -2.49. The van der Waals surface area contributed by atoms with E-state index in [0.717, 1.165) is 42.0 Å². The number of amides is 2. The van der Waals surface area contributed by atoms with Gasteiger partial charge in [0.15, 0.2) is 0 Å². The molecule has 0 radical (unpaired) electrons. The van der Waals surface area contributed by atoms with Crippen LogP contribution >= 0.6 is 46.4 Å². The number of hydrogen-bond donors (Lipinski definition) is 1. The van der Waals surface area contributed by atoms with Gasteiger partial charge in [-0.25, -0.2) is 8.42 Å². The maximum Gasteiger partial charge on any atom is 0.264 e. The summed E-state index contributed by atoms with van der Waals surface area (Å²) in [7, 11) is -4.24. The van der Waals surface area contributed by atoms with Crippen LogP contribution in [-0.2, 0) is 26.2 Å². The van der Waals surface area contributed by atoms with E-state index in [1.54, 1.807) is 30.3 Å². The second-order valence-electron chi connectivity index (χ2n) is 11.0. The normalized spacial score (nSPS) is 14.6. The summed E-state index contributed by atoms with van der Waals surface area (Å²) in [5.41, 5.74) is 1.67. The van der Waals surface area contributed by atoms with Crippen LogP contribution in [0, 0.1) is 6.92 Å². The molecule has 0 aromatic heterocycles. The zero-order chi connectivity index (χ0) is 32.0. The Morgan fingerprint density at radius 2 is 1.48 bits per heavy atom. The Labute approximate surface area is 279 Å². The molecule has 0 unspecified atom stereocenters. The minimum absolute atomic E-state index is 0.0000820. The van der Waals surface area contributed by atoms with Crippen LogP contribution in [0.3, 0.4) is 0 Å². The lowest BCUT2D eigenvalue weighted by molar-refractivity contribution is -0.140. The SMILES string of the molecule is CC[C@@H](C(=O)NC1CCCCC1)N(Cc1ccc(Cl)c(Cl)c1)C(=O)CN(c1ccc(Cl)c(Cl)c1)S(=O)(=O)c1ccc(C)cc1. The van der Waals surface area contributed by atoms with Crippen molar-refractivity contribution in [3.05, 3.63) is 91.9 Å². The van der Waals surface area contributed by atoms with Crippen molar-refractivity contribution in [3.63, 3.8) is 0 Å². The highest BCUT2D eigenvalue weighted by molar-refractivity contribution is 7.92. The van der Waals surface area contributed by atoms with E-state index in [1.807, 2.05) is 13.8 Å². The fourth-order valence-corrected chi connectivity index (χ4v) is 7.32. The lowest BCUT2D eigenvalue weighted by Crippen LogP contribution is -2.54. The van der Waals surface area contributed by atoms with E-state index in [9.17, 15) is 18.0 Å². The van der Waals surface area contributed by atoms with Crippen molar-refractivity contribution in [2.24, 2.45) is 0 Å². The van der Waals surface area contributed by atoms with Crippen LogP contribution in [0.2, 0.25) is 20.1 Å². The summed E-state index contributed by atoms with van der Waals surface area (Å²) in [6.45, 7) is 3.08. The molecule has 1 saturated carbocycles. The molecule has 1 aliphatic rings. The summed E-state index contributed by atoms with van der Waals surface area (Å²) in [6, 6.07) is 14.8. The Morgan fingerprint density at radius 3 is 2.07 bits per heavy atom. The highest BCUT2D eigenvalue weighted by atomic mass is 35.5. The number of aryl methyl sites for hydroxylation is 1. The summed E-state index contributed by atoms with van der Waals surface area (Å²) >= 11 is 24.9. The fraction of sp³-hybridized carbons (Fsp3) is 0.375. The smallest absolute Gasteiger partial charge is 0.264 e. The fourth-order valence-electron chi connectivity index (χ4n) is 5.30. The van der Waals surface area contributed by atoms with Crippen molar-refractivity contribution in [2.75, 3.05) is 10.8 Å². The van der Waals surface area contributed by atoms with Gasteiger partial charge in [-0.15, -0.1) is 0 Å². The molecule has 0 spiro atoms. The Bertz CT molecular complexity index is 1600. The lowest BCUT2D eigenvalue weighted by Gasteiger charge is -2.34. The van der Waals surface area contributed by atoms with Gasteiger partial charge < -0.3 is 10.2 Å². The molecule has 44 heavy (non-hydrogen) atoms. The van der Waals surface area contributed by atoms with Crippen LogP contribution in [0.15, 0.2) is 65.6 Å². The number of nitrogens with zero attached hydrogens (tertiary/aromatic N) is 2. The zero-order valence-electron chi connectivity index (χ0n) is 24.5. The highest BCUT2D eigenvalue weighted by Gasteiger charge is 2.34. The third-order valence-corrected chi connectivity index (χ3v) is 11.0. The minimum atomic E-state index is -4.24. The average molecular weight is 700 g/mol. The number of halogens is 4. The molecule has 1 fully saturated rings. The van der Waals surface area contributed by atoms with Gasteiger partial charge in [-0.3, -0.25) is 13.9 Å². The van der Waals surface area contributed by atoms with Gasteiger partial charge in [0.2, 0.25) is 11.8 Å². The topological polar surface area (TPSA) is 86.8 Å². The first-order valence-corrected chi connectivity index (χ1v) is 17.4. The van der Waals surface area contributed by atoms with Crippen LogP contribution in [0.25, 0.3) is 0 Å². The summed E-state index contributed by atoms with van der Waals surface area (Å²) in [4.78, 5) is 29.4. The maximum absolute atomic E-state index is 14.3. The van der Waals surface area contributed by atoms with Gasteiger partial charge in [0.25, 0.3) is 10.0 Å². The number of anilines is 1. The Balaban J connectivity index is 1.74. The van der Waals surface area contributed by atoms with Crippen molar-refractivity contribution in [3.8, 4) is 0 Å². The molecule has 1 atom stereocenters. The summed E-state index contributed by atoms with van der Waals surface area (Å²) in [6.07, 6.45) is 5.26. The summed E-state index contributed by atoms with van der Waals surface area (Å²) in [5.74, 6) is -0.862. The van der Waals surface area contributed by atoms with Crippen LogP contribution in [-0.4, -0.2) is 43.8 Å². The molecule has 1 N–H and O–H groups in total. The number of carbonyl (C=O) groups is 2. The van der Waals surface area contributed by atoms with E-state index in [1.165, 1.54) is 35.2 Å². The molecule has 4 rings (SSSR count). The molecule has 12 heteroatoms. The lowest BCUT2D eigenvalue weighted by atomic mass is 9.95. The molecule has 0 heterocycles.